The minimum absolute atomic E-state index is 0.235. The summed E-state index contributed by atoms with van der Waals surface area (Å²) in [6, 6.07) is 3.85. The zero-order chi connectivity index (χ0) is 11.8. The lowest BCUT2D eigenvalue weighted by Gasteiger charge is -2.07. The Hall–Kier alpha value is -1.78. The number of aromatic nitrogens is 1. The zero-order valence-corrected chi connectivity index (χ0v) is 9.49. The maximum atomic E-state index is 10.5. The molecule has 0 saturated carbocycles. The van der Waals surface area contributed by atoms with Crippen LogP contribution in [0.5, 0.6) is 0 Å². The van der Waals surface area contributed by atoms with Crippen LogP contribution in [0.25, 0.3) is 0 Å². The molecule has 0 aliphatic carbocycles. The molecule has 0 atom stereocenters. The Balaban J connectivity index is 2.23. The van der Waals surface area contributed by atoms with Gasteiger partial charge in [0.1, 0.15) is 5.82 Å². The molecule has 0 unspecified atom stereocenters. The molecular weight excluding hydrogens is 204 g/mol. The van der Waals surface area contributed by atoms with Crippen molar-refractivity contribution in [2.45, 2.75) is 19.3 Å². The van der Waals surface area contributed by atoms with Crippen LogP contribution in [0.15, 0.2) is 18.3 Å². The van der Waals surface area contributed by atoms with Crippen molar-refractivity contribution in [1.82, 2.24) is 4.98 Å². The summed E-state index contributed by atoms with van der Waals surface area (Å²) in [7, 11) is 1.83. The van der Waals surface area contributed by atoms with Crippen LogP contribution in [0.2, 0.25) is 0 Å². The van der Waals surface area contributed by atoms with Gasteiger partial charge in [0, 0.05) is 38.0 Å². The van der Waals surface area contributed by atoms with Gasteiger partial charge < -0.3 is 16.4 Å². The molecule has 16 heavy (non-hydrogen) atoms. The topological polar surface area (TPSA) is 80.0 Å². The number of hydrogen-bond acceptors (Lipinski definition) is 4. The molecule has 0 spiro atoms. The van der Waals surface area contributed by atoms with E-state index in [4.69, 9.17) is 5.73 Å². The summed E-state index contributed by atoms with van der Waals surface area (Å²) in [6.07, 6.45) is 3.96. The third-order valence-corrected chi connectivity index (χ3v) is 2.20. The number of carbonyl (C=O) groups is 1. The standard InChI is InChI=1S/C11H18N4O/c1-13-11-8-9(5-7-15-11)14-6-3-2-4-10(12)16/h5,7-8H,2-4,6H2,1H3,(H2,12,16)(H2,13,14,15). The molecule has 0 fully saturated rings. The maximum Gasteiger partial charge on any atom is 0.217 e. The summed E-state index contributed by atoms with van der Waals surface area (Å²) < 4.78 is 0. The van der Waals surface area contributed by atoms with Crippen molar-refractivity contribution in [3.63, 3.8) is 0 Å². The summed E-state index contributed by atoms with van der Waals surface area (Å²) in [5, 5.41) is 6.23. The Labute approximate surface area is 95.4 Å². The highest BCUT2D eigenvalue weighted by Gasteiger charge is 1.96. The SMILES string of the molecule is CNc1cc(NCCCCC(N)=O)ccn1. The number of rotatable bonds is 7. The second-order valence-corrected chi connectivity index (χ2v) is 3.53. The number of pyridine rings is 1. The van der Waals surface area contributed by atoms with Crippen molar-refractivity contribution < 1.29 is 4.79 Å². The highest BCUT2D eigenvalue weighted by atomic mass is 16.1. The average Bonchev–Trinajstić information content (AvgIpc) is 2.28. The lowest BCUT2D eigenvalue weighted by atomic mass is 10.2. The third-order valence-electron chi connectivity index (χ3n) is 2.20. The van der Waals surface area contributed by atoms with E-state index < -0.39 is 0 Å². The quantitative estimate of drug-likeness (QED) is 0.605. The van der Waals surface area contributed by atoms with Crippen LogP contribution in [0.3, 0.4) is 0 Å². The fourth-order valence-electron chi connectivity index (χ4n) is 1.33. The van der Waals surface area contributed by atoms with Gasteiger partial charge in [-0.3, -0.25) is 4.79 Å². The monoisotopic (exact) mass is 222 g/mol. The second-order valence-electron chi connectivity index (χ2n) is 3.53. The molecule has 1 aromatic heterocycles. The van der Waals surface area contributed by atoms with E-state index in [0.29, 0.717) is 6.42 Å². The molecule has 5 heteroatoms. The zero-order valence-electron chi connectivity index (χ0n) is 9.49. The Morgan fingerprint density at radius 3 is 3.00 bits per heavy atom. The van der Waals surface area contributed by atoms with Crippen LogP contribution in [-0.2, 0) is 4.79 Å². The van der Waals surface area contributed by atoms with E-state index in [9.17, 15) is 4.79 Å². The highest BCUT2D eigenvalue weighted by Crippen LogP contribution is 2.11. The van der Waals surface area contributed by atoms with E-state index in [1.54, 1.807) is 6.20 Å². The Kier molecular flexibility index (Phi) is 5.11. The number of anilines is 2. The smallest absolute Gasteiger partial charge is 0.217 e. The van der Waals surface area contributed by atoms with Gasteiger partial charge in [0.2, 0.25) is 5.91 Å². The summed E-state index contributed by atoms with van der Waals surface area (Å²) in [4.78, 5) is 14.6. The van der Waals surface area contributed by atoms with E-state index in [0.717, 1.165) is 30.9 Å². The van der Waals surface area contributed by atoms with E-state index in [1.165, 1.54) is 0 Å². The molecule has 0 bridgehead atoms. The first-order valence-electron chi connectivity index (χ1n) is 5.38. The fraction of sp³-hybridized carbons (Fsp3) is 0.455. The molecule has 0 radical (unpaired) electrons. The summed E-state index contributed by atoms with van der Waals surface area (Å²) in [5.74, 6) is 0.600. The minimum atomic E-state index is -0.235. The van der Waals surface area contributed by atoms with Gasteiger partial charge in [0.15, 0.2) is 0 Å². The maximum absolute atomic E-state index is 10.5. The van der Waals surface area contributed by atoms with Crippen LogP contribution in [0.1, 0.15) is 19.3 Å². The third kappa shape index (κ3) is 4.63. The van der Waals surface area contributed by atoms with E-state index in [-0.39, 0.29) is 5.91 Å². The lowest BCUT2D eigenvalue weighted by molar-refractivity contribution is -0.118. The predicted molar refractivity (Wildman–Crippen MR) is 65.3 cm³/mol. The van der Waals surface area contributed by atoms with Crippen LogP contribution in [-0.4, -0.2) is 24.5 Å². The van der Waals surface area contributed by atoms with E-state index in [1.807, 2.05) is 19.2 Å². The normalized spacial score (nSPS) is 9.81. The number of unbranched alkanes of at least 4 members (excludes halogenated alkanes) is 1. The molecule has 5 nitrogen and oxygen atoms in total. The molecule has 1 amide bonds. The number of nitrogens with two attached hydrogens (primary N) is 1. The molecule has 1 heterocycles. The van der Waals surface area contributed by atoms with Crippen LogP contribution in [0, 0.1) is 0 Å². The van der Waals surface area contributed by atoms with Gasteiger partial charge in [0.05, 0.1) is 0 Å². The number of primary amides is 1. The first-order chi connectivity index (χ1) is 7.72. The minimum Gasteiger partial charge on any atom is -0.385 e. The molecular formula is C11H18N4O. The fourth-order valence-corrected chi connectivity index (χ4v) is 1.33. The summed E-state index contributed by atoms with van der Waals surface area (Å²) in [6.45, 7) is 0.834. The number of carbonyl (C=O) groups excluding carboxylic acids is 1. The van der Waals surface area contributed by atoms with Crippen LogP contribution < -0.4 is 16.4 Å². The largest absolute Gasteiger partial charge is 0.385 e. The van der Waals surface area contributed by atoms with Crippen LogP contribution in [0.4, 0.5) is 11.5 Å². The van der Waals surface area contributed by atoms with Gasteiger partial charge in [-0.2, -0.15) is 0 Å². The number of nitrogens with zero attached hydrogens (tertiary/aromatic N) is 1. The van der Waals surface area contributed by atoms with Gasteiger partial charge in [-0.15, -0.1) is 0 Å². The molecule has 0 aliphatic rings. The Bertz CT molecular complexity index is 341. The van der Waals surface area contributed by atoms with Gasteiger partial charge >= 0.3 is 0 Å². The van der Waals surface area contributed by atoms with Crippen molar-refractivity contribution in [1.29, 1.82) is 0 Å². The van der Waals surface area contributed by atoms with Crippen LogP contribution >= 0.6 is 0 Å². The summed E-state index contributed by atoms with van der Waals surface area (Å²) >= 11 is 0. The molecule has 4 N–H and O–H groups in total. The van der Waals surface area contributed by atoms with Crippen molar-refractivity contribution in [3.8, 4) is 0 Å². The first-order valence-corrected chi connectivity index (χ1v) is 5.38. The van der Waals surface area contributed by atoms with Crippen molar-refractivity contribution in [2.24, 2.45) is 5.73 Å². The second kappa shape index (κ2) is 6.66. The van der Waals surface area contributed by atoms with Gasteiger partial charge in [-0.1, -0.05) is 0 Å². The average molecular weight is 222 g/mol. The lowest BCUT2D eigenvalue weighted by Crippen LogP contribution is -2.11. The Morgan fingerprint density at radius 2 is 2.31 bits per heavy atom. The molecule has 0 aromatic carbocycles. The summed E-state index contributed by atoms with van der Waals surface area (Å²) in [5.41, 5.74) is 6.07. The number of nitrogens with one attached hydrogen (secondary N) is 2. The molecule has 1 rings (SSSR count). The van der Waals surface area contributed by atoms with E-state index in [2.05, 4.69) is 15.6 Å². The van der Waals surface area contributed by atoms with Crippen molar-refractivity contribution >= 4 is 17.4 Å². The van der Waals surface area contributed by atoms with E-state index >= 15 is 0 Å². The number of hydrogen-bond donors (Lipinski definition) is 3. The number of amides is 1. The molecule has 0 saturated heterocycles. The van der Waals surface area contributed by atoms with Crippen molar-refractivity contribution in [2.75, 3.05) is 24.2 Å². The Morgan fingerprint density at radius 1 is 1.50 bits per heavy atom. The predicted octanol–water partition coefficient (Wildman–Crippen LogP) is 1.19. The molecule has 1 aromatic rings. The first kappa shape index (κ1) is 12.3. The molecule has 88 valence electrons. The van der Waals surface area contributed by atoms with Gasteiger partial charge in [0.25, 0.3) is 0 Å². The van der Waals surface area contributed by atoms with Gasteiger partial charge in [-0.25, -0.2) is 4.98 Å². The highest BCUT2D eigenvalue weighted by molar-refractivity contribution is 5.73. The van der Waals surface area contributed by atoms with Gasteiger partial charge in [-0.05, 0) is 18.9 Å². The van der Waals surface area contributed by atoms with Crippen molar-refractivity contribution in [3.05, 3.63) is 18.3 Å². The molecule has 0 aliphatic heterocycles.